The standard InChI is InChI=1S/C21H19ClN4O3/c1-13(2)28-19-8-7-14(11-17(19)22)21-23-20(25-29-21)15-5-3-6-18-16(15)12-26(24-18)9-4-10-27/h3,5-8,10-13H,4,9H2,1-2H3. The molecule has 0 N–H and O–H groups in total. The number of rotatable bonds is 7. The Morgan fingerprint density at radius 2 is 2.14 bits per heavy atom. The Morgan fingerprint density at radius 3 is 2.90 bits per heavy atom. The molecule has 2 aromatic heterocycles. The smallest absolute Gasteiger partial charge is 0.258 e. The molecule has 7 nitrogen and oxygen atoms in total. The maximum atomic E-state index is 10.6. The van der Waals surface area contributed by atoms with Crippen molar-refractivity contribution in [3.63, 3.8) is 0 Å². The number of aldehydes is 1. The van der Waals surface area contributed by atoms with Gasteiger partial charge in [-0.3, -0.25) is 4.68 Å². The van der Waals surface area contributed by atoms with E-state index in [4.69, 9.17) is 20.9 Å². The lowest BCUT2D eigenvalue weighted by Crippen LogP contribution is -2.05. The van der Waals surface area contributed by atoms with Crippen molar-refractivity contribution < 1.29 is 14.1 Å². The zero-order valence-electron chi connectivity index (χ0n) is 16.0. The normalized spacial score (nSPS) is 11.3. The van der Waals surface area contributed by atoms with Gasteiger partial charge in [-0.1, -0.05) is 28.9 Å². The van der Waals surface area contributed by atoms with E-state index in [0.29, 0.717) is 41.0 Å². The molecule has 4 rings (SSSR count). The summed E-state index contributed by atoms with van der Waals surface area (Å²) >= 11 is 6.32. The van der Waals surface area contributed by atoms with Gasteiger partial charge in [-0.25, -0.2) is 0 Å². The quantitative estimate of drug-likeness (QED) is 0.407. The molecule has 0 bridgehead atoms. The summed E-state index contributed by atoms with van der Waals surface area (Å²) in [5.74, 6) is 1.43. The van der Waals surface area contributed by atoms with Gasteiger partial charge in [0.15, 0.2) is 0 Å². The first-order chi connectivity index (χ1) is 14.0. The van der Waals surface area contributed by atoms with E-state index in [1.165, 1.54) is 0 Å². The fraction of sp³-hybridized carbons (Fsp3) is 0.238. The molecule has 2 heterocycles. The van der Waals surface area contributed by atoms with Crippen LogP contribution in [-0.4, -0.2) is 32.3 Å². The highest BCUT2D eigenvalue weighted by Gasteiger charge is 2.16. The van der Waals surface area contributed by atoms with Gasteiger partial charge in [0.05, 0.1) is 16.6 Å². The van der Waals surface area contributed by atoms with Crippen molar-refractivity contribution in [1.29, 1.82) is 0 Å². The zero-order valence-corrected chi connectivity index (χ0v) is 16.8. The molecule has 0 unspecified atom stereocenters. The third-order valence-electron chi connectivity index (χ3n) is 4.28. The summed E-state index contributed by atoms with van der Waals surface area (Å²) in [5.41, 5.74) is 2.32. The van der Waals surface area contributed by atoms with Crippen LogP contribution in [-0.2, 0) is 11.3 Å². The molecule has 0 atom stereocenters. The first-order valence-corrected chi connectivity index (χ1v) is 9.63. The highest BCUT2D eigenvalue weighted by molar-refractivity contribution is 6.32. The van der Waals surface area contributed by atoms with Gasteiger partial charge < -0.3 is 14.1 Å². The van der Waals surface area contributed by atoms with E-state index < -0.39 is 0 Å². The number of aromatic nitrogens is 4. The Bertz CT molecular complexity index is 1170. The van der Waals surface area contributed by atoms with Crippen molar-refractivity contribution in [2.75, 3.05) is 0 Å². The van der Waals surface area contributed by atoms with E-state index >= 15 is 0 Å². The van der Waals surface area contributed by atoms with E-state index in [-0.39, 0.29) is 6.10 Å². The van der Waals surface area contributed by atoms with E-state index in [0.717, 1.165) is 22.8 Å². The summed E-state index contributed by atoms with van der Waals surface area (Å²) in [6, 6.07) is 11.1. The van der Waals surface area contributed by atoms with Crippen molar-refractivity contribution in [1.82, 2.24) is 19.9 Å². The third-order valence-corrected chi connectivity index (χ3v) is 4.58. The maximum absolute atomic E-state index is 10.6. The Labute approximate surface area is 172 Å². The van der Waals surface area contributed by atoms with Gasteiger partial charge in [-0.05, 0) is 38.1 Å². The number of hydrogen-bond donors (Lipinski definition) is 0. The van der Waals surface area contributed by atoms with Crippen LogP contribution in [0, 0.1) is 0 Å². The van der Waals surface area contributed by atoms with Crippen molar-refractivity contribution in [3.8, 4) is 28.6 Å². The number of aryl methyl sites for hydroxylation is 1. The van der Waals surface area contributed by atoms with Gasteiger partial charge in [0.1, 0.15) is 12.0 Å². The molecular weight excluding hydrogens is 392 g/mol. The van der Waals surface area contributed by atoms with E-state index in [2.05, 4.69) is 15.2 Å². The van der Waals surface area contributed by atoms with Gasteiger partial charge in [0.2, 0.25) is 5.82 Å². The van der Waals surface area contributed by atoms with Gasteiger partial charge in [0.25, 0.3) is 5.89 Å². The minimum absolute atomic E-state index is 0.0290. The molecule has 29 heavy (non-hydrogen) atoms. The van der Waals surface area contributed by atoms with Crippen LogP contribution in [0.2, 0.25) is 5.02 Å². The van der Waals surface area contributed by atoms with Crippen LogP contribution < -0.4 is 4.74 Å². The predicted octanol–water partition coefficient (Wildman–Crippen LogP) is 4.78. The van der Waals surface area contributed by atoms with Crippen molar-refractivity contribution in [3.05, 3.63) is 47.6 Å². The molecule has 4 aromatic rings. The molecule has 0 saturated carbocycles. The van der Waals surface area contributed by atoms with Crippen LogP contribution in [0.1, 0.15) is 20.3 Å². The fourth-order valence-corrected chi connectivity index (χ4v) is 3.25. The van der Waals surface area contributed by atoms with E-state index in [1.807, 2.05) is 44.3 Å². The summed E-state index contributed by atoms with van der Waals surface area (Å²) < 4.78 is 12.9. The third kappa shape index (κ3) is 4.00. The molecule has 0 aliphatic carbocycles. The number of carbonyl (C=O) groups excluding carboxylic acids is 1. The molecule has 0 aliphatic heterocycles. The first-order valence-electron chi connectivity index (χ1n) is 9.25. The average Bonchev–Trinajstić information content (AvgIpc) is 3.34. The lowest BCUT2D eigenvalue weighted by molar-refractivity contribution is -0.108. The Hall–Kier alpha value is -3.19. The van der Waals surface area contributed by atoms with Crippen LogP contribution in [0.15, 0.2) is 47.1 Å². The van der Waals surface area contributed by atoms with E-state index in [1.54, 1.807) is 16.8 Å². The SMILES string of the molecule is CC(C)Oc1ccc(-c2nc(-c3cccc4nn(CCC=O)cc34)no2)cc1Cl. The predicted molar refractivity (Wildman–Crippen MR) is 110 cm³/mol. The summed E-state index contributed by atoms with van der Waals surface area (Å²) in [6.07, 6.45) is 3.20. The number of halogens is 1. The van der Waals surface area contributed by atoms with Crippen molar-refractivity contribution in [2.45, 2.75) is 32.9 Å². The van der Waals surface area contributed by atoms with Crippen LogP contribution >= 0.6 is 11.6 Å². The fourth-order valence-electron chi connectivity index (χ4n) is 3.02. The van der Waals surface area contributed by atoms with Crippen molar-refractivity contribution >= 4 is 28.8 Å². The van der Waals surface area contributed by atoms with Crippen LogP contribution in [0.3, 0.4) is 0 Å². The largest absolute Gasteiger partial charge is 0.489 e. The summed E-state index contributed by atoms with van der Waals surface area (Å²) in [7, 11) is 0. The lowest BCUT2D eigenvalue weighted by Gasteiger charge is -2.11. The highest BCUT2D eigenvalue weighted by atomic mass is 35.5. The number of hydrogen-bond acceptors (Lipinski definition) is 6. The molecule has 0 fully saturated rings. The minimum atomic E-state index is 0.0290. The van der Waals surface area contributed by atoms with E-state index in [9.17, 15) is 4.79 Å². The first kappa shape index (κ1) is 19.1. The summed E-state index contributed by atoms with van der Waals surface area (Å²) in [5, 5.41) is 9.99. The number of ether oxygens (including phenoxy) is 1. The maximum Gasteiger partial charge on any atom is 0.258 e. The topological polar surface area (TPSA) is 83.0 Å². The zero-order chi connectivity index (χ0) is 20.4. The number of carbonyl (C=O) groups is 1. The Balaban J connectivity index is 1.66. The second-order valence-electron chi connectivity index (χ2n) is 6.82. The second kappa shape index (κ2) is 8.05. The minimum Gasteiger partial charge on any atom is -0.489 e. The average molecular weight is 411 g/mol. The summed E-state index contributed by atoms with van der Waals surface area (Å²) in [6.45, 7) is 4.41. The molecule has 0 saturated heterocycles. The number of nitrogens with zero attached hydrogens (tertiary/aromatic N) is 4. The number of benzene rings is 2. The van der Waals surface area contributed by atoms with Gasteiger partial charge in [0, 0.05) is 35.7 Å². The molecule has 2 aromatic carbocycles. The Kier molecular flexibility index (Phi) is 5.31. The van der Waals surface area contributed by atoms with Gasteiger partial charge >= 0.3 is 0 Å². The lowest BCUT2D eigenvalue weighted by atomic mass is 10.1. The number of fused-ring (bicyclic) bond motifs is 1. The molecule has 8 heteroatoms. The van der Waals surface area contributed by atoms with Crippen LogP contribution in [0.5, 0.6) is 5.75 Å². The molecule has 0 radical (unpaired) electrons. The monoisotopic (exact) mass is 410 g/mol. The van der Waals surface area contributed by atoms with Crippen LogP contribution in [0.25, 0.3) is 33.7 Å². The molecule has 0 amide bonds. The summed E-state index contributed by atoms with van der Waals surface area (Å²) in [4.78, 5) is 15.2. The van der Waals surface area contributed by atoms with Gasteiger partial charge in [-0.2, -0.15) is 10.1 Å². The van der Waals surface area contributed by atoms with Gasteiger partial charge in [-0.15, -0.1) is 0 Å². The van der Waals surface area contributed by atoms with Crippen molar-refractivity contribution in [2.24, 2.45) is 0 Å². The molecular formula is C21H19ClN4O3. The Morgan fingerprint density at radius 1 is 1.28 bits per heavy atom. The molecule has 0 spiro atoms. The molecule has 148 valence electrons. The second-order valence-corrected chi connectivity index (χ2v) is 7.23. The molecule has 0 aliphatic rings. The highest BCUT2D eigenvalue weighted by Crippen LogP contribution is 2.32. The van der Waals surface area contributed by atoms with Crippen LogP contribution in [0.4, 0.5) is 0 Å².